The SMILES string of the molecule is CC(C)C(=O)CCC(C=O)NC(=O)CN1CCN(CC(=O)O)CCN(CC=O)CCN(CC(=O)O)CC1. The molecule has 13 heteroatoms. The molecule has 0 aromatic carbocycles. The molecule has 0 saturated carbocycles. The van der Waals surface area contributed by atoms with Gasteiger partial charge < -0.3 is 25.1 Å². The highest BCUT2D eigenvalue weighted by atomic mass is 16.4. The Morgan fingerprint density at radius 2 is 1.19 bits per heavy atom. The Hall–Kier alpha value is -2.74. The van der Waals surface area contributed by atoms with Crippen LogP contribution in [0.5, 0.6) is 0 Å². The van der Waals surface area contributed by atoms with Crippen molar-refractivity contribution in [1.82, 2.24) is 24.9 Å². The molecule has 1 unspecified atom stereocenters. The molecule has 1 aliphatic heterocycles. The predicted octanol–water partition coefficient (Wildman–Crippen LogP) is -1.73. The monoisotopic (exact) mass is 527 g/mol. The topological polar surface area (TPSA) is 168 Å². The van der Waals surface area contributed by atoms with Gasteiger partial charge in [0.05, 0.1) is 32.2 Å². The van der Waals surface area contributed by atoms with Crippen molar-refractivity contribution in [2.24, 2.45) is 5.92 Å². The molecule has 0 radical (unpaired) electrons. The zero-order chi connectivity index (χ0) is 27.8. The maximum Gasteiger partial charge on any atom is 0.317 e. The van der Waals surface area contributed by atoms with Gasteiger partial charge in [-0.05, 0) is 6.42 Å². The van der Waals surface area contributed by atoms with Crippen LogP contribution in [0.3, 0.4) is 0 Å². The summed E-state index contributed by atoms with van der Waals surface area (Å²) in [6.45, 7) is 6.24. The largest absolute Gasteiger partial charge is 0.480 e. The van der Waals surface area contributed by atoms with Crippen molar-refractivity contribution in [3.05, 3.63) is 0 Å². The number of hydrogen-bond donors (Lipinski definition) is 3. The third kappa shape index (κ3) is 14.6. The molecule has 3 N–H and O–H groups in total. The third-order valence-electron chi connectivity index (χ3n) is 6.20. The van der Waals surface area contributed by atoms with Crippen molar-refractivity contribution in [3.8, 4) is 0 Å². The molecule has 37 heavy (non-hydrogen) atoms. The lowest BCUT2D eigenvalue weighted by Gasteiger charge is -2.32. The number of rotatable bonds is 14. The molecule has 0 aliphatic carbocycles. The number of aliphatic carboxylic acids is 2. The van der Waals surface area contributed by atoms with E-state index in [1.165, 1.54) is 0 Å². The third-order valence-corrected chi connectivity index (χ3v) is 6.20. The van der Waals surface area contributed by atoms with Crippen molar-refractivity contribution in [1.29, 1.82) is 0 Å². The smallest absolute Gasteiger partial charge is 0.317 e. The van der Waals surface area contributed by atoms with Gasteiger partial charge in [-0.3, -0.25) is 38.8 Å². The molecule has 1 rings (SSSR count). The number of hydrogen-bond acceptors (Lipinski definition) is 10. The summed E-state index contributed by atoms with van der Waals surface area (Å²) in [5.41, 5.74) is 0. The van der Waals surface area contributed by atoms with E-state index in [1.54, 1.807) is 28.5 Å². The van der Waals surface area contributed by atoms with Crippen LogP contribution < -0.4 is 5.32 Å². The fourth-order valence-corrected chi connectivity index (χ4v) is 3.94. The van der Waals surface area contributed by atoms with Crippen LogP contribution in [0.25, 0.3) is 0 Å². The Morgan fingerprint density at radius 1 is 0.757 bits per heavy atom. The lowest BCUT2D eigenvalue weighted by molar-refractivity contribution is -0.139. The molecule has 1 amide bonds. The van der Waals surface area contributed by atoms with Crippen molar-refractivity contribution in [2.75, 3.05) is 78.5 Å². The number of aldehydes is 2. The minimum Gasteiger partial charge on any atom is -0.480 e. The summed E-state index contributed by atoms with van der Waals surface area (Å²) in [7, 11) is 0. The van der Waals surface area contributed by atoms with E-state index < -0.39 is 23.9 Å². The van der Waals surface area contributed by atoms with Crippen LogP contribution in [0.4, 0.5) is 0 Å². The van der Waals surface area contributed by atoms with E-state index in [9.17, 15) is 39.0 Å². The van der Waals surface area contributed by atoms with Crippen LogP contribution in [0, 0.1) is 5.92 Å². The number of nitrogens with one attached hydrogen (secondary N) is 1. The first-order valence-corrected chi connectivity index (χ1v) is 12.6. The number of carboxylic acid groups (broad SMARTS) is 2. The Bertz CT molecular complexity index is 746. The van der Waals surface area contributed by atoms with E-state index in [1.807, 2.05) is 4.90 Å². The second-order valence-electron chi connectivity index (χ2n) is 9.55. The fraction of sp³-hybridized carbons (Fsp3) is 0.750. The van der Waals surface area contributed by atoms with E-state index in [4.69, 9.17) is 0 Å². The van der Waals surface area contributed by atoms with Gasteiger partial charge in [0.15, 0.2) is 0 Å². The molecule has 0 aromatic heterocycles. The molecule has 210 valence electrons. The Kier molecular flexibility index (Phi) is 15.4. The highest BCUT2D eigenvalue weighted by molar-refractivity contribution is 5.83. The van der Waals surface area contributed by atoms with E-state index in [0.29, 0.717) is 58.6 Å². The van der Waals surface area contributed by atoms with Gasteiger partial charge in [-0.25, -0.2) is 0 Å². The highest BCUT2D eigenvalue weighted by Gasteiger charge is 2.21. The Labute approximate surface area is 217 Å². The fourth-order valence-electron chi connectivity index (χ4n) is 3.94. The summed E-state index contributed by atoms with van der Waals surface area (Å²) in [5.74, 6) is -2.54. The van der Waals surface area contributed by atoms with Gasteiger partial charge >= 0.3 is 11.9 Å². The van der Waals surface area contributed by atoms with Gasteiger partial charge in [-0.1, -0.05) is 13.8 Å². The number of carbonyl (C=O) groups excluding carboxylic acids is 4. The first-order valence-electron chi connectivity index (χ1n) is 12.6. The summed E-state index contributed by atoms with van der Waals surface area (Å²) in [6.07, 6.45) is 1.76. The van der Waals surface area contributed by atoms with Gasteiger partial charge in [0, 0.05) is 64.7 Å². The van der Waals surface area contributed by atoms with Crippen molar-refractivity contribution in [3.63, 3.8) is 0 Å². The zero-order valence-corrected chi connectivity index (χ0v) is 21.8. The van der Waals surface area contributed by atoms with E-state index in [-0.39, 0.29) is 50.7 Å². The van der Waals surface area contributed by atoms with Gasteiger partial charge in [0.2, 0.25) is 5.91 Å². The molecule has 0 spiro atoms. The normalized spacial score (nSPS) is 18.4. The molecule has 0 bridgehead atoms. The number of carboxylic acids is 2. The zero-order valence-electron chi connectivity index (χ0n) is 21.8. The minimum atomic E-state index is -0.990. The van der Waals surface area contributed by atoms with Crippen LogP contribution in [-0.4, -0.2) is 151 Å². The maximum absolute atomic E-state index is 12.7. The van der Waals surface area contributed by atoms with Gasteiger partial charge in [-0.15, -0.1) is 0 Å². The van der Waals surface area contributed by atoms with E-state index in [2.05, 4.69) is 5.32 Å². The van der Waals surface area contributed by atoms with Crippen molar-refractivity contribution < 1.29 is 39.0 Å². The summed E-state index contributed by atoms with van der Waals surface area (Å²) in [5, 5.41) is 21.2. The Morgan fingerprint density at radius 3 is 1.57 bits per heavy atom. The molecule has 0 aromatic rings. The Balaban J connectivity index is 2.90. The lowest BCUT2D eigenvalue weighted by Crippen LogP contribution is -2.50. The number of ketones is 1. The van der Waals surface area contributed by atoms with Gasteiger partial charge in [0.1, 0.15) is 18.4 Å². The average molecular weight is 528 g/mol. The number of carbonyl (C=O) groups is 6. The van der Waals surface area contributed by atoms with Crippen LogP contribution in [-0.2, 0) is 28.8 Å². The van der Waals surface area contributed by atoms with Gasteiger partial charge in [0.25, 0.3) is 0 Å². The number of Topliss-reactive ketones (excluding diaryl/α,β-unsaturated/α-hetero) is 1. The first-order chi connectivity index (χ1) is 17.5. The molecule has 1 atom stereocenters. The summed E-state index contributed by atoms with van der Waals surface area (Å²) < 4.78 is 0. The highest BCUT2D eigenvalue weighted by Crippen LogP contribution is 2.05. The minimum absolute atomic E-state index is 0.00733. The van der Waals surface area contributed by atoms with Crippen molar-refractivity contribution >= 4 is 36.2 Å². The molecule has 1 aliphatic rings. The van der Waals surface area contributed by atoms with Crippen molar-refractivity contribution in [2.45, 2.75) is 32.7 Å². The van der Waals surface area contributed by atoms with Crippen LogP contribution in [0.15, 0.2) is 0 Å². The molecule has 1 fully saturated rings. The molecule has 13 nitrogen and oxygen atoms in total. The van der Waals surface area contributed by atoms with E-state index in [0.717, 1.165) is 6.29 Å². The lowest BCUT2D eigenvalue weighted by atomic mass is 10.0. The second kappa shape index (κ2) is 17.7. The summed E-state index contributed by atoms with van der Waals surface area (Å²) in [4.78, 5) is 76.9. The van der Waals surface area contributed by atoms with Crippen LogP contribution >= 0.6 is 0 Å². The van der Waals surface area contributed by atoms with E-state index >= 15 is 0 Å². The molecular weight excluding hydrogens is 486 g/mol. The number of nitrogens with zero attached hydrogens (tertiary/aromatic N) is 4. The summed E-state index contributed by atoms with van der Waals surface area (Å²) >= 11 is 0. The molecular formula is C24H41N5O8. The van der Waals surface area contributed by atoms with Gasteiger partial charge in [-0.2, -0.15) is 0 Å². The molecule has 1 saturated heterocycles. The maximum atomic E-state index is 12.7. The molecule has 1 heterocycles. The summed E-state index contributed by atoms with van der Waals surface area (Å²) in [6, 6.07) is -0.793. The predicted molar refractivity (Wildman–Crippen MR) is 134 cm³/mol. The van der Waals surface area contributed by atoms with Crippen LogP contribution in [0.1, 0.15) is 26.7 Å². The second-order valence-corrected chi connectivity index (χ2v) is 9.55. The number of amides is 1. The standard InChI is InChI=1S/C24H41N5O8/c1-19(2)21(32)4-3-20(18-31)25-22(33)15-27-9-11-28(16-23(34)35)7-5-26(13-14-30)6-8-29(12-10-27)17-24(36)37/h14,18-20H,3-13,15-17H2,1-2H3,(H,25,33)(H,34,35)(H,36,37). The van der Waals surface area contributed by atoms with Crippen LogP contribution in [0.2, 0.25) is 0 Å². The quantitative estimate of drug-likeness (QED) is 0.219. The first kappa shape index (κ1) is 32.3. The average Bonchev–Trinajstić information content (AvgIpc) is 2.82.